The number of carboxylic acid groups (broad SMARTS) is 1. The number of likely N-dealkylation sites (N-methyl/N-ethyl adjacent to an activating group) is 3. The average molecular weight is 695 g/mol. The summed E-state index contributed by atoms with van der Waals surface area (Å²) >= 11 is 0. The van der Waals surface area contributed by atoms with Crippen molar-refractivity contribution in [1.29, 1.82) is 0 Å². The Hall–Kier alpha value is -5.23. The highest BCUT2D eigenvalue weighted by atomic mass is 16.5. The van der Waals surface area contributed by atoms with Crippen molar-refractivity contribution in [3.8, 4) is 22.6 Å². The van der Waals surface area contributed by atoms with Gasteiger partial charge >= 0.3 is 5.97 Å². The smallest absolute Gasteiger partial charge is 0.326 e. The second-order valence-electron chi connectivity index (χ2n) is 12.8. The molecule has 0 aromatic heterocycles. The fraction of sp³-hybridized carbons (Fsp3) is 0.325. The van der Waals surface area contributed by atoms with Crippen LogP contribution in [-0.2, 0) is 40.4 Å². The van der Waals surface area contributed by atoms with Gasteiger partial charge in [-0.15, -0.1) is 0 Å². The Kier molecular flexibility index (Phi) is 12.8. The van der Waals surface area contributed by atoms with Gasteiger partial charge in [-0.05, 0) is 71.7 Å². The number of carboxylic acids is 1. The van der Waals surface area contributed by atoms with Crippen molar-refractivity contribution in [2.75, 3.05) is 27.7 Å². The fourth-order valence-corrected chi connectivity index (χ4v) is 6.22. The van der Waals surface area contributed by atoms with Gasteiger partial charge in [-0.3, -0.25) is 9.59 Å². The topological polar surface area (TPSA) is 149 Å². The molecule has 11 heteroatoms. The monoisotopic (exact) mass is 694 g/mol. The number of ether oxygens (including phenoxy) is 2. The molecule has 0 unspecified atom stereocenters. The second kappa shape index (κ2) is 17.6. The number of nitrogens with zero attached hydrogens (tertiary/aromatic N) is 1. The quantitative estimate of drug-likeness (QED) is 0.150. The van der Waals surface area contributed by atoms with Crippen molar-refractivity contribution >= 4 is 17.8 Å². The molecule has 0 aliphatic carbocycles. The van der Waals surface area contributed by atoms with E-state index >= 15 is 0 Å². The standard InChI is InChI=1S/C40H46N4O7/c1-41-23-32(45)22-34-39(47)44(3)35(40(48)49)21-31-19-29(15-17-37(31)51-25-27-12-8-5-9-13-27)28-14-16-36(50-24-26-10-6-4-7-11-26)30(18-28)20-33(42-2)38(46)43-34/h4-19,32-35,41-42,45H,20-25H2,1-3H3,(H,43,46)(H,48,49)/t32-,33+,34+,35+/m1/s1. The maximum Gasteiger partial charge on any atom is 0.326 e. The number of amides is 2. The van der Waals surface area contributed by atoms with Crippen LogP contribution >= 0.6 is 0 Å². The fourth-order valence-electron chi connectivity index (χ4n) is 6.22. The molecule has 1 aliphatic heterocycles. The maximum atomic E-state index is 14.1. The Labute approximate surface area is 298 Å². The number of aliphatic carboxylic acids is 1. The van der Waals surface area contributed by atoms with Crippen LogP contribution in [0.3, 0.4) is 0 Å². The molecule has 4 aromatic carbocycles. The molecule has 268 valence electrons. The van der Waals surface area contributed by atoms with Crippen LogP contribution in [0, 0.1) is 0 Å². The van der Waals surface area contributed by atoms with E-state index in [1.807, 2.05) is 97.1 Å². The van der Waals surface area contributed by atoms with Crippen LogP contribution in [0.15, 0.2) is 97.1 Å². The average Bonchev–Trinajstić information content (AvgIpc) is 3.14. The Morgan fingerprint density at radius 3 is 1.86 bits per heavy atom. The molecule has 0 fully saturated rings. The zero-order valence-electron chi connectivity index (χ0n) is 29.2. The number of hydrogen-bond donors (Lipinski definition) is 5. The zero-order valence-corrected chi connectivity index (χ0v) is 29.2. The summed E-state index contributed by atoms with van der Waals surface area (Å²) in [4.78, 5) is 41.9. The van der Waals surface area contributed by atoms with Crippen molar-refractivity contribution in [3.63, 3.8) is 0 Å². The van der Waals surface area contributed by atoms with E-state index in [9.17, 15) is 24.6 Å². The van der Waals surface area contributed by atoms with Crippen LogP contribution < -0.4 is 25.4 Å². The third kappa shape index (κ3) is 9.72. The molecule has 5 N–H and O–H groups in total. The molecule has 4 bridgehead atoms. The Morgan fingerprint density at radius 1 is 0.843 bits per heavy atom. The van der Waals surface area contributed by atoms with E-state index in [-0.39, 0.29) is 32.4 Å². The van der Waals surface area contributed by atoms with Crippen LogP contribution in [0.5, 0.6) is 11.5 Å². The zero-order chi connectivity index (χ0) is 36.3. The van der Waals surface area contributed by atoms with Gasteiger partial charge in [0.1, 0.15) is 36.8 Å². The van der Waals surface area contributed by atoms with E-state index < -0.39 is 42.0 Å². The third-order valence-electron chi connectivity index (χ3n) is 9.09. The van der Waals surface area contributed by atoms with E-state index in [0.29, 0.717) is 23.7 Å². The Balaban J connectivity index is 1.60. The molecule has 4 aromatic rings. The first-order valence-corrected chi connectivity index (χ1v) is 17.1. The molecule has 2 amide bonds. The lowest BCUT2D eigenvalue weighted by Gasteiger charge is -2.31. The Morgan fingerprint density at radius 2 is 1.37 bits per heavy atom. The van der Waals surface area contributed by atoms with Gasteiger partial charge in [0.25, 0.3) is 0 Å². The van der Waals surface area contributed by atoms with Crippen molar-refractivity contribution in [3.05, 3.63) is 119 Å². The summed E-state index contributed by atoms with van der Waals surface area (Å²) in [5, 5.41) is 29.9. The number of aliphatic hydroxyl groups excluding tert-OH is 1. The van der Waals surface area contributed by atoms with Crippen LogP contribution in [0.25, 0.3) is 11.1 Å². The number of hydrogen-bond acceptors (Lipinski definition) is 8. The van der Waals surface area contributed by atoms with E-state index in [2.05, 4.69) is 16.0 Å². The second-order valence-corrected chi connectivity index (χ2v) is 12.8. The first kappa shape index (κ1) is 37.0. The van der Waals surface area contributed by atoms with E-state index in [0.717, 1.165) is 32.7 Å². The minimum Gasteiger partial charge on any atom is -0.489 e. The van der Waals surface area contributed by atoms with Gasteiger partial charge in [-0.25, -0.2) is 4.79 Å². The lowest BCUT2D eigenvalue weighted by molar-refractivity contribution is -0.150. The van der Waals surface area contributed by atoms with E-state index in [4.69, 9.17) is 9.47 Å². The van der Waals surface area contributed by atoms with Crippen molar-refractivity contribution in [2.24, 2.45) is 0 Å². The van der Waals surface area contributed by atoms with E-state index in [1.54, 1.807) is 14.1 Å². The van der Waals surface area contributed by atoms with Crippen molar-refractivity contribution in [2.45, 2.75) is 56.7 Å². The molecule has 0 radical (unpaired) electrons. The summed E-state index contributed by atoms with van der Waals surface area (Å²) in [6.07, 6.45) is -0.959. The van der Waals surface area contributed by atoms with Crippen LogP contribution in [0.1, 0.15) is 28.7 Å². The molecule has 11 nitrogen and oxygen atoms in total. The number of carbonyl (C=O) groups is 3. The maximum absolute atomic E-state index is 14.1. The van der Waals surface area contributed by atoms with Gasteiger partial charge in [-0.2, -0.15) is 0 Å². The van der Waals surface area contributed by atoms with Gasteiger partial charge in [0.2, 0.25) is 11.8 Å². The van der Waals surface area contributed by atoms with Gasteiger partial charge in [0.05, 0.1) is 12.1 Å². The van der Waals surface area contributed by atoms with Crippen LogP contribution in [-0.4, -0.2) is 84.8 Å². The predicted octanol–water partition coefficient (Wildman–Crippen LogP) is 3.57. The molecule has 0 saturated carbocycles. The highest BCUT2D eigenvalue weighted by Crippen LogP contribution is 2.33. The third-order valence-corrected chi connectivity index (χ3v) is 9.09. The van der Waals surface area contributed by atoms with E-state index in [1.165, 1.54) is 7.05 Å². The molecule has 51 heavy (non-hydrogen) atoms. The number of carbonyl (C=O) groups excluding carboxylic acids is 2. The number of fused-ring (bicyclic) bond motifs is 5. The number of nitrogens with one attached hydrogen (secondary N) is 3. The summed E-state index contributed by atoms with van der Waals surface area (Å²) in [7, 11) is 4.74. The molecule has 0 saturated heterocycles. The largest absolute Gasteiger partial charge is 0.489 e. The van der Waals surface area contributed by atoms with Crippen LogP contribution in [0.2, 0.25) is 0 Å². The molecule has 5 rings (SSSR count). The number of aliphatic hydroxyl groups is 1. The minimum atomic E-state index is -1.30. The predicted molar refractivity (Wildman–Crippen MR) is 194 cm³/mol. The molecule has 1 heterocycles. The van der Waals surface area contributed by atoms with Crippen LogP contribution in [0.4, 0.5) is 0 Å². The molecule has 0 spiro atoms. The first-order valence-electron chi connectivity index (χ1n) is 17.1. The highest BCUT2D eigenvalue weighted by Gasteiger charge is 2.35. The van der Waals surface area contributed by atoms with Crippen molar-refractivity contribution < 1.29 is 34.1 Å². The molecular formula is C40H46N4O7. The number of rotatable bonds is 12. The normalized spacial score (nSPS) is 18.6. The van der Waals surface area contributed by atoms with Gasteiger partial charge in [-0.1, -0.05) is 72.8 Å². The molecular weight excluding hydrogens is 648 g/mol. The van der Waals surface area contributed by atoms with Gasteiger partial charge in [0, 0.05) is 32.9 Å². The molecule has 4 atom stereocenters. The summed E-state index contributed by atoms with van der Waals surface area (Å²) in [5.74, 6) is -1.23. The van der Waals surface area contributed by atoms with Crippen molar-refractivity contribution in [1.82, 2.24) is 20.9 Å². The molecule has 1 aliphatic rings. The lowest BCUT2D eigenvalue weighted by Crippen LogP contribution is -2.57. The first-order chi connectivity index (χ1) is 24.7. The Bertz CT molecular complexity index is 1790. The summed E-state index contributed by atoms with van der Waals surface area (Å²) in [5.41, 5.74) is 4.93. The number of benzene rings is 4. The SMILES string of the molecule is CNC[C@H](O)C[C@@H]1NC(=O)[C@@H](NC)Cc2cc(ccc2OCc2ccccc2)-c2ccc(OCc3ccccc3)c(c2)C[C@@H](C(=O)O)N(C)C1=O. The minimum absolute atomic E-state index is 0.0699. The lowest BCUT2D eigenvalue weighted by atomic mass is 9.95. The summed E-state index contributed by atoms with van der Waals surface area (Å²) < 4.78 is 12.5. The summed E-state index contributed by atoms with van der Waals surface area (Å²) in [6.45, 7) is 0.759. The highest BCUT2D eigenvalue weighted by molar-refractivity contribution is 5.92. The van der Waals surface area contributed by atoms with Gasteiger partial charge in [0.15, 0.2) is 0 Å². The summed E-state index contributed by atoms with van der Waals surface area (Å²) in [6, 6.07) is 27.6. The van der Waals surface area contributed by atoms with Gasteiger partial charge < -0.3 is 40.5 Å².